The Morgan fingerprint density at radius 1 is 1.22 bits per heavy atom. The standard InChI is InChI=1S/C14H19N3O4S2/c1-22(18,19)17-10-14(13-12(17)3-2-7-15-13)6-8-16(9-14)23(20,21)11-4-5-11/h2-3,7,11H,4-6,8-10H2,1H3/t14-/m1/s1. The second-order valence-corrected chi connectivity index (χ2v) is 10.9. The van der Waals surface area contributed by atoms with Crippen LogP contribution in [0.3, 0.4) is 0 Å². The summed E-state index contributed by atoms with van der Waals surface area (Å²) in [4.78, 5) is 4.41. The summed E-state index contributed by atoms with van der Waals surface area (Å²) in [5.74, 6) is 0. The summed E-state index contributed by atoms with van der Waals surface area (Å²) in [6.07, 6.45) is 4.89. The number of hydrogen-bond acceptors (Lipinski definition) is 5. The van der Waals surface area contributed by atoms with Crippen LogP contribution in [0.4, 0.5) is 5.69 Å². The van der Waals surface area contributed by atoms with E-state index in [1.54, 1.807) is 18.3 Å². The van der Waals surface area contributed by atoms with Gasteiger partial charge in [-0.15, -0.1) is 0 Å². The second-order valence-electron chi connectivity index (χ2n) is 6.75. The fourth-order valence-corrected chi connectivity index (χ4v) is 6.60. The van der Waals surface area contributed by atoms with Gasteiger partial charge >= 0.3 is 0 Å². The minimum atomic E-state index is -3.41. The Bertz CT molecular complexity index is 864. The van der Waals surface area contributed by atoms with E-state index in [0.29, 0.717) is 30.9 Å². The van der Waals surface area contributed by atoms with E-state index in [1.807, 2.05) is 0 Å². The molecule has 3 aliphatic rings. The Balaban J connectivity index is 1.73. The van der Waals surface area contributed by atoms with Gasteiger partial charge in [0.1, 0.15) is 0 Å². The zero-order valence-corrected chi connectivity index (χ0v) is 14.5. The van der Waals surface area contributed by atoms with Gasteiger partial charge in [-0.25, -0.2) is 21.1 Å². The van der Waals surface area contributed by atoms with Crippen LogP contribution in [0.15, 0.2) is 18.3 Å². The molecule has 1 saturated carbocycles. The van der Waals surface area contributed by atoms with Crippen molar-refractivity contribution in [3.05, 3.63) is 24.0 Å². The number of anilines is 1. The largest absolute Gasteiger partial charge is 0.268 e. The van der Waals surface area contributed by atoms with Crippen molar-refractivity contribution in [2.75, 3.05) is 30.2 Å². The molecule has 1 aromatic heterocycles. The van der Waals surface area contributed by atoms with Gasteiger partial charge in [-0.2, -0.15) is 0 Å². The predicted molar refractivity (Wildman–Crippen MR) is 86.2 cm³/mol. The lowest BCUT2D eigenvalue weighted by Crippen LogP contribution is -2.40. The third-order valence-corrected chi connectivity index (χ3v) is 8.50. The van der Waals surface area contributed by atoms with Gasteiger partial charge in [0.2, 0.25) is 20.0 Å². The van der Waals surface area contributed by atoms with Crippen LogP contribution in [0.2, 0.25) is 0 Å². The summed E-state index contributed by atoms with van der Waals surface area (Å²) in [7, 11) is -6.66. The van der Waals surface area contributed by atoms with Crippen molar-refractivity contribution in [3.63, 3.8) is 0 Å². The Morgan fingerprint density at radius 3 is 2.61 bits per heavy atom. The van der Waals surface area contributed by atoms with E-state index in [-0.39, 0.29) is 11.8 Å². The molecule has 2 aliphatic heterocycles. The van der Waals surface area contributed by atoms with Crippen LogP contribution < -0.4 is 4.31 Å². The summed E-state index contributed by atoms with van der Waals surface area (Å²) in [5, 5.41) is -0.242. The quantitative estimate of drug-likeness (QED) is 0.776. The van der Waals surface area contributed by atoms with Crippen LogP contribution in [-0.4, -0.2) is 57.3 Å². The first-order valence-corrected chi connectivity index (χ1v) is 11.0. The van der Waals surface area contributed by atoms with Crippen molar-refractivity contribution in [2.45, 2.75) is 29.9 Å². The number of hydrogen-bond donors (Lipinski definition) is 0. The number of rotatable bonds is 3. The van der Waals surface area contributed by atoms with Crippen molar-refractivity contribution >= 4 is 25.7 Å². The molecule has 4 rings (SSSR count). The van der Waals surface area contributed by atoms with Gasteiger partial charge in [0.25, 0.3) is 0 Å². The van der Waals surface area contributed by atoms with Crippen molar-refractivity contribution in [1.29, 1.82) is 0 Å². The van der Waals surface area contributed by atoms with Crippen LogP contribution >= 0.6 is 0 Å². The molecule has 0 N–H and O–H groups in total. The van der Waals surface area contributed by atoms with Gasteiger partial charge in [0.05, 0.1) is 22.9 Å². The molecule has 1 atom stereocenters. The third kappa shape index (κ3) is 2.28. The Morgan fingerprint density at radius 2 is 1.96 bits per heavy atom. The van der Waals surface area contributed by atoms with Gasteiger partial charge in [-0.1, -0.05) is 0 Å². The predicted octanol–water partition coefficient (Wildman–Crippen LogP) is 0.297. The smallest absolute Gasteiger partial charge is 0.232 e. The molecular weight excluding hydrogens is 338 g/mol. The second kappa shape index (κ2) is 4.67. The van der Waals surface area contributed by atoms with Crippen molar-refractivity contribution in [1.82, 2.24) is 9.29 Å². The highest BCUT2D eigenvalue weighted by Crippen LogP contribution is 2.47. The summed E-state index contributed by atoms with van der Waals surface area (Å²) >= 11 is 0. The highest BCUT2D eigenvalue weighted by Gasteiger charge is 2.54. The number of pyridine rings is 1. The lowest BCUT2D eigenvalue weighted by molar-refractivity contribution is 0.429. The zero-order chi connectivity index (χ0) is 16.5. The molecule has 1 aromatic rings. The van der Waals surface area contributed by atoms with Gasteiger partial charge < -0.3 is 0 Å². The number of nitrogens with zero attached hydrogens (tertiary/aromatic N) is 3. The Kier molecular flexibility index (Phi) is 3.12. The number of sulfonamides is 2. The van der Waals surface area contributed by atoms with Crippen LogP contribution in [0.25, 0.3) is 0 Å². The molecular formula is C14H19N3O4S2. The molecule has 1 spiro atoms. The normalized spacial score (nSPS) is 28.5. The third-order valence-electron chi connectivity index (χ3n) is 5.03. The van der Waals surface area contributed by atoms with E-state index >= 15 is 0 Å². The van der Waals surface area contributed by atoms with E-state index in [9.17, 15) is 16.8 Å². The summed E-state index contributed by atoms with van der Waals surface area (Å²) in [6, 6.07) is 3.46. The van der Waals surface area contributed by atoms with Gasteiger partial charge in [0, 0.05) is 31.2 Å². The molecule has 3 heterocycles. The molecule has 0 radical (unpaired) electrons. The molecule has 0 aromatic carbocycles. The molecule has 0 amide bonds. The van der Waals surface area contributed by atoms with E-state index in [2.05, 4.69) is 4.98 Å². The van der Waals surface area contributed by atoms with E-state index in [0.717, 1.165) is 12.8 Å². The van der Waals surface area contributed by atoms with Crippen LogP contribution in [0, 0.1) is 0 Å². The molecule has 9 heteroatoms. The van der Waals surface area contributed by atoms with Crippen molar-refractivity contribution in [2.24, 2.45) is 0 Å². The fourth-order valence-electron chi connectivity index (χ4n) is 3.69. The molecule has 23 heavy (non-hydrogen) atoms. The lowest BCUT2D eigenvalue weighted by Gasteiger charge is -2.24. The van der Waals surface area contributed by atoms with Crippen molar-refractivity contribution < 1.29 is 16.8 Å². The summed E-state index contributed by atoms with van der Waals surface area (Å²) in [6.45, 7) is 1.03. The Hall–Kier alpha value is -1.19. The average molecular weight is 357 g/mol. The van der Waals surface area contributed by atoms with Crippen molar-refractivity contribution in [3.8, 4) is 0 Å². The first-order chi connectivity index (χ1) is 10.7. The van der Waals surface area contributed by atoms with Crippen LogP contribution in [-0.2, 0) is 25.5 Å². The maximum absolute atomic E-state index is 12.5. The molecule has 7 nitrogen and oxygen atoms in total. The molecule has 126 valence electrons. The molecule has 0 bridgehead atoms. The van der Waals surface area contributed by atoms with Crippen LogP contribution in [0.5, 0.6) is 0 Å². The van der Waals surface area contributed by atoms with Gasteiger partial charge in [0.15, 0.2) is 0 Å². The summed E-state index contributed by atoms with van der Waals surface area (Å²) < 4.78 is 52.1. The maximum atomic E-state index is 12.5. The SMILES string of the molecule is CS(=O)(=O)N1C[C@]2(CCN(S(=O)(=O)C3CC3)C2)c2ncccc21. The monoisotopic (exact) mass is 357 g/mol. The van der Waals surface area contributed by atoms with E-state index < -0.39 is 25.5 Å². The highest BCUT2D eigenvalue weighted by atomic mass is 32.2. The van der Waals surface area contributed by atoms with E-state index in [4.69, 9.17) is 0 Å². The highest BCUT2D eigenvalue weighted by molar-refractivity contribution is 7.92. The topological polar surface area (TPSA) is 87.7 Å². The van der Waals surface area contributed by atoms with Gasteiger partial charge in [-0.3, -0.25) is 9.29 Å². The molecule has 1 aliphatic carbocycles. The Labute approximate surface area is 136 Å². The molecule has 1 saturated heterocycles. The average Bonchev–Trinajstić information content (AvgIpc) is 3.18. The van der Waals surface area contributed by atoms with Crippen LogP contribution in [0.1, 0.15) is 25.0 Å². The molecule has 0 unspecified atom stereocenters. The first-order valence-electron chi connectivity index (χ1n) is 7.66. The fraction of sp³-hybridized carbons (Fsp3) is 0.643. The molecule has 2 fully saturated rings. The van der Waals surface area contributed by atoms with E-state index in [1.165, 1.54) is 14.9 Å². The zero-order valence-electron chi connectivity index (χ0n) is 12.8. The number of fused-ring (bicyclic) bond motifs is 2. The number of aromatic nitrogens is 1. The van der Waals surface area contributed by atoms with Gasteiger partial charge in [-0.05, 0) is 31.4 Å². The minimum Gasteiger partial charge on any atom is -0.268 e. The summed E-state index contributed by atoms with van der Waals surface area (Å²) in [5.41, 5.74) is 0.765. The lowest BCUT2D eigenvalue weighted by atomic mass is 9.85. The first kappa shape index (κ1) is 15.3. The maximum Gasteiger partial charge on any atom is 0.232 e. The minimum absolute atomic E-state index is 0.242.